The zero-order valence-corrected chi connectivity index (χ0v) is 23.8. The molecule has 1 aliphatic carbocycles. The molecule has 1 aliphatic heterocycles. The first-order valence-electron chi connectivity index (χ1n) is 11.9. The minimum absolute atomic E-state index is 0.0525. The molecule has 4 N–H and O–H groups in total. The average molecular weight is 633 g/mol. The molecule has 2 aromatic rings. The number of nitrogens with two attached hydrogens (primary N) is 1. The van der Waals surface area contributed by atoms with Crippen molar-refractivity contribution in [2.75, 3.05) is 18.4 Å². The Labute approximate surface area is 234 Å². The molecule has 4 rings (SSSR count). The Balaban J connectivity index is 1.66. The average Bonchev–Trinajstić information content (AvgIpc) is 2.86. The highest BCUT2D eigenvalue weighted by molar-refractivity contribution is 9.10. The topological polar surface area (TPSA) is 125 Å². The number of carbonyl (C=O) groups excluding carboxylic acids is 2. The Morgan fingerprint density at radius 3 is 2.41 bits per heavy atom. The van der Waals surface area contributed by atoms with Crippen LogP contribution in [0.5, 0.6) is 0 Å². The van der Waals surface area contributed by atoms with Gasteiger partial charge in [0.1, 0.15) is 0 Å². The van der Waals surface area contributed by atoms with Gasteiger partial charge in [0, 0.05) is 35.3 Å². The van der Waals surface area contributed by atoms with Crippen molar-refractivity contribution in [2.24, 2.45) is 5.73 Å². The van der Waals surface area contributed by atoms with Crippen molar-refractivity contribution in [3.05, 3.63) is 57.0 Å². The smallest absolute Gasteiger partial charge is 0.323 e. The summed E-state index contributed by atoms with van der Waals surface area (Å²) in [6.07, 6.45) is 1.83. The normalized spacial score (nSPS) is 22.9. The maximum absolute atomic E-state index is 13.7. The third-order valence-corrected chi connectivity index (χ3v) is 9.61. The van der Waals surface area contributed by atoms with E-state index < -0.39 is 28.1 Å². The van der Waals surface area contributed by atoms with Crippen LogP contribution in [0.1, 0.15) is 32.1 Å². The van der Waals surface area contributed by atoms with E-state index in [1.54, 1.807) is 18.2 Å². The Morgan fingerprint density at radius 1 is 1.00 bits per heavy atom. The summed E-state index contributed by atoms with van der Waals surface area (Å²) in [5.41, 5.74) is 6.50. The second kappa shape index (κ2) is 11.9. The van der Waals surface area contributed by atoms with Gasteiger partial charge in [-0.05, 0) is 68.5 Å². The van der Waals surface area contributed by atoms with Crippen LogP contribution in [0.3, 0.4) is 0 Å². The van der Waals surface area contributed by atoms with E-state index >= 15 is 0 Å². The van der Waals surface area contributed by atoms with Gasteiger partial charge in [0.05, 0.1) is 14.9 Å². The summed E-state index contributed by atoms with van der Waals surface area (Å²) < 4.78 is 29.3. The Bertz CT molecular complexity index is 1270. The number of hydrogen-bond donors (Lipinski definition) is 3. The van der Waals surface area contributed by atoms with Crippen LogP contribution < -0.4 is 16.4 Å². The molecule has 2 aromatic carbocycles. The van der Waals surface area contributed by atoms with Gasteiger partial charge in [0.2, 0.25) is 10.0 Å². The minimum atomic E-state index is -4.21. The zero-order chi connectivity index (χ0) is 26.7. The SMILES string of the molecule is NC1CCC(NC(=O)C2N(C(=O)Nc3cccc(Br)c3)CCCN2S(=O)(=O)c2ccc(Cl)c(Cl)c2)CC1. The van der Waals surface area contributed by atoms with Crippen molar-refractivity contribution in [3.8, 4) is 0 Å². The van der Waals surface area contributed by atoms with Crippen molar-refractivity contribution in [2.45, 2.75) is 55.2 Å². The van der Waals surface area contributed by atoms with E-state index in [1.165, 1.54) is 23.1 Å². The maximum Gasteiger partial charge on any atom is 0.323 e. The van der Waals surface area contributed by atoms with Gasteiger partial charge in [-0.1, -0.05) is 45.2 Å². The first kappa shape index (κ1) is 28.1. The Kier molecular flexibility index (Phi) is 9.03. The Hall–Kier alpha value is -1.89. The van der Waals surface area contributed by atoms with E-state index in [9.17, 15) is 18.0 Å². The lowest BCUT2D eigenvalue weighted by Crippen LogP contribution is -2.65. The van der Waals surface area contributed by atoms with E-state index in [4.69, 9.17) is 28.9 Å². The van der Waals surface area contributed by atoms with Crippen LogP contribution in [0.4, 0.5) is 10.5 Å². The Morgan fingerprint density at radius 2 is 1.73 bits per heavy atom. The second-order valence-corrected chi connectivity index (χ2v) is 12.8. The summed E-state index contributed by atoms with van der Waals surface area (Å²) in [5.74, 6) is -0.562. The molecule has 0 spiro atoms. The number of halogens is 3. The molecule has 1 saturated heterocycles. The molecule has 200 valence electrons. The summed E-state index contributed by atoms with van der Waals surface area (Å²) >= 11 is 15.5. The predicted molar refractivity (Wildman–Crippen MR) is 147 cm³/mol. The van der Waals surface area contributed by atoms with Crippen molar-refractivity contribution in [1.82, 2.24) is 14.5 Å². The van der Waals surface area contributed by atoms with Gasteiger partial charge < -0.3 is 16.4 Å². The lowest BCUT2D eigenvalue weighted by Gasteiger charge is -2.42. The van der Waals surface area contributed by atoms with Gasteiger partial charge in [0.25, 0.3) is 5.91 Å². The molecule has 1 unspecified atom stereocenters. The molecular formula is C24H28BrCl2N5O4S. The molecule has 1 heterocycles. The van der Waals surface area contributed by atoms with E-state index in [1.807, 2.05) is 6.07 Å². The highest BCUT2D eigenvalue weighted by Crippen LogP contribution is 2.30. The predicted octanol–water partition coefficient (Wildman–Crippen LogP) is 4.40. The number of anilines is 1. The highest BCUT2D eigenvalue weighted by Gasteiger charge is 2.45. The maximum atomic E-state index is 13.7. The number of amides is 3. The molecular weight excluding hydrogens is 605 g/mol. The fourth-order valence-corrected chi connectivity index (χ4v) is 6.99. The standard InChI is InChI=1S/C24H28BrCl2N5O4S/c25-15-3-1-4-18(13-15)30-24(34)31-11-2-12-32(37(35,36)19-9-10-20(26)21(27)14-19)23(31)22(33)29-17-7-5-16(28)6-8-17/h1,3-4,9-10,13-14,16-17,23H,2,5-8,11-12,28H2,(H,29,33)(H,30,34). The summed E-state index contributed by atoms with van der Waals surface area (Å²) in [6, 6.07) is 10.3. The van der Waals surface area contributed by atoms with Gasteiger partial charge in [-0.3, -0.25) is 9.69 Å². The molecule has 0 aromatic heterocycles. The molecule has 37 heavy (non-hydrogen) atoms. The number of benzene rings is 2. The minimum Gasteiger partial charge on any atom is -0.350 e. The number of hydrogen-bond acceptors (Lipinski definition) is 5. The van der Waals surface area contributed by atoms with Crippen LogP contribution >= 0.6 is 39.1 Å². The third kappa shape index (κ3) is 6.58. The molecule has 1 saturated carbocycles. The lowest BCUT2D eigenvalue weighted by molar-refractivity contribution is -0.131. The molecule has 2 aliphatic rings. The summed E-state index contributed by atoms with van der Waals surface area (Å²) in [5, 5.41) is 6.02. The quantitative estimate of drug-likeness (QED) is 0.451. The monoisotopic (exact) mass is 631 g/mol. The van der Waals surface area contributed by atoms with Gasteiger partial charge >= 0.3 is 6.03 Å². The molecule has 0 radical (unpaired) electrons. The van der Waals surface area contributed by atoms with Crippen LogP contribution in [-0.4, -0.2) is 60.9 Å². The van der Waals surface area contributed by atoms with Crippen LogP contribution in [0.25, 0.3) is 0 Å². The van der Waals surface area contributed by atoms with Gasteiger partial charge in [0.15, 0.2) is 6.17 Å². The summed E-state index contributed by atoms with van der Waals surface area (Å²) in [4.78, 5) is 28.2. The number of nitrogens with one attached hydrogen (secondary N) is 2. The number of rotatable bonds is 5. The van der Waals surface area contributed by atoms with Crippen molar-refractivity contribution < 1.29 is 18.0 Å². The van der Waals surface area contributed by atoms with Crippen molar-refractivity contribution in [1.29, 1.82) is 0 Å². The first-order chi connectivity index (χ1) is 17.6. The van der Waals surface area contributed by atoms with E-state index in [2.05, 4.69) is 26.6 Å². The number of sulfonamides is 1. The molecule has 3 amide bonds. The van der Waals surface area contributed by atoms with Crippen LogP contribution in [0.15, 0.2) is 51.8 Å². The third-order valence-electron chi connectivity index (χ3n) is 6.53. The largest absolute Gasteiger partial charge is 0.350 e. The number of carbonyl (C=O) groups is 2. The summed E-state index contributed by atoms with van der Waals surface area (Å²) in [6.45, 7) is 0.248. The molecule has 2 fully saturated rings. The number of urea groups is 1. The molecule has 9 nitrogen and oxygen atoms in total. The molecule has 1 atom stereocenters. The molecule has 0 bridgehead atoms. The lowest BCUT2D eigenvalue weighted by atomic mass is 9.92. The van der Waals surface area contributed by atoms with Crippen molar-refractivity contribution in [3.63, 3.8) is 0 Å². The van der Waals surface area contributed by atoms with E-state index in [0.717, 1.165) is 21.6 Å². The van der Waals surface area contributed by atoms with Crippen LogP contribution in [0, 0.1) is 0 Å². The zero-order valence-electron chi connectivity index (χ0n) is 19.9. The molecule has 13 heteroatoms. The first-order valence-corrected chi connectivity index (χ1v) is 14.9. The highest BCUT2D eigenvalue weighted by atomic mass is 79.9. The van der Waals surface area contributed by atoms with Gasteiger partial charge in [-0.15, -0.1) is 0 Å². The van der Waals surface area contributed by atoms with Gasteiger partial charge in [-0.25, -0.2) is 13.2 Å². The summed E-state index contributed by atoms with van der Waals surface area (Å²) in [7, 11) is -4.21. The second-order valence-electron chi connectivity index (χ2n) is 9.17. The fraction of sp³-hybridized carbons (Fsp3) is 0.417. The van der Waals surface area contributed by atoms with Crippen LogP contribution in [0.2, 0.25) is 10.0 Å². The van der Waals surface area contributed by atoms with Crippen molar-refractivity contribution >= 4 is 66.8 Å². The fourth-order valence-electron chi connectivity index (χ4n) is 4.61. The van der Waals surface area contributed by atoms with Crippen LogP contribution in [-0.2, 0) is 14.8 Å². The number of nitrogens with zero attached hydrogens (tertiary/aromatic N) is 2. The van der Waals surface area contributed by atoms with E-state index in [0.29, 0.717) is 24.9 Å². The van der Waals surface area contributed by atoms with Gasteiger partial charge in [-0.2, -0.15) is 4.31 Å². The van der Waals surface area contributed by atoms with E-state index in [-0.39, 0.29) is 40.1 Å².